The molecular weight excluding hydrogens is 372 g/mol. The van der Waals surface area contributed by atoms with Crippen molar-refractivity contribution < 1.29 is 24.2 Å². The number of carboxylic acids is 1. The summed E-state index contributed by atoms with van der Waals surface area (Å²) in [5.41, 5.74) is 2.99. The molecule has 29 heavy (non-hydrogen) atoms. The van der Waals surface area contributed by atoms with Gasteiger partial charge in [-0.2, -0.15) is 5.26 Å². The van der Waals surface area contributed by atoms with Crippen molar-refractivity contribution in [1.29, 1.82) is 5.26 Å². The summed E-state index contributed by atoms with van der Waals surface area (Å²) in [6.45, 7) is 0.402. The Balaban J connectivity index is 1.98. The van der Waals surface area contributed by atoms with Gasteiger partial charge in [-0.1, -0.05) is 12.1 Å². The fourth-order valence-corrected chi connectivity index (χ4v) is 3.68. The molecule has 1 amide bonds. The first-order chi connectivity index (χ1) is 14.0. The molecule has 7 heteroatoms. The number of amides is 1. The molecule has 0 spiro atoms. The van der Waals surface area contributed by atoms with Crippen LogP contribution in [0.3, 0.4) is 0 Å². The van der Waals surface area contributed by atoms with Gasteiger partial charge in [-0.25, -0.2) is 0 Å². The quantitative estimate of drug-likeness (QED) is 0.809. The zero-order valence-electron chi connectivity index (χ0n) is 16.3. The zero-order valence-corrected chi connectivity index (χ0v) is 16.3. The topological polar surface area (TPSA) is 99.9 Å². The molecule has 1 aliphatic rings. The van der Waals surface area contributed by atoms with Crippen molar-refractivity contribution in [3.63, 3.8) is 0 Å². The molecule has 2 aromatic carbocycles. The maximum Gasteiger partial charge on any atom is 0.305 e. The van der Waals surface area contributed by atoms with Crippen molar-refractivity contribution in [2.45, 2.75) is 25.3 Å². The van der Waals surface area contributed by atoms with Crippen LogP contribution in [-0.2, 0) is 17.6 Å². The number of rotatable bonds is 6. The Bertz CT molecular complexity index is 962. The zero-order chi connectivity index (χ0) is 21.0. The van der Waals surface area contributed by atoms with Crippen molar-refractivity contribution in [3.05, 3.63) is 58.7 Å². The number of ether oxygens (including phenoxy) is 2. The van der Waals surface area contributed by atoms with E-state index in [0.29, 0.717) is 30.0 Å². The van der Waals surface area contributed by atoms with E-state index in [2.05, 4.69) is 6.07 Å². The number of methoxy groups -OCH3 is 2. The number of carbonyl (C=O) groups excluding carboxylic acids is 1. The summed E-state index contributed by atoms with van der Waals surface area (Å²) in [7, 11) is 3.07. The summed E-state index contributed by atoms with van der Waals surface area (Å²) in [6, 6.07) is 11.9. The van der Waals surface area contributed by atoms with E-state index in [-0.39, 0.29) is 18.7 Å². The van der Waals surface area contributed by atoms with Crippen molar-refractivity contribution >= 4 is 11.9 Å². The number of nitriles is 1. The number of nitrogens with zero attached hydrogens (tertiary/aromatic N) is 2. The fraction of sp³-hybridized carbons (Fsp3) is 0.318. The van der Waals surface area contributed by atoms with E-state index in [1.54, 1.807) is 42.3 Å². The fourth-order valence-electron chi connectivity index (χ4n) is 3.68. The number of hydrogen-bond acceptors (Lipinski definition) is 5. The summed E-state index contributed by atoms with van der Waals surface area (Å²) in [6.07, 6.45) is 0.652. The van der Waals surface area contributed by atoms with Gasteiger partial charge in [0, 0.05) is 12.1 Å². The molecule has 1 heterocycles. The van der Waals surface area contributed by atoms with Crippen LogP contribution in [0.1, 0.15) is 39.5 Å². The minimum absolute atomic E-state index is 0.208. The highest BCUT2D eigenvalue weighted by molar-refractivity contribution is 5.95. The SMILES string of the molecule is COc1cc2c(cc1OC)C(CC(=O)O)N(C(=O)c1ccc(CC#N)cc1)CC2. The van der Waals surface area contributed by atoms with Crippen LogP contribution >= 0.6 is 0 Å². The molecule has 7 nitrogen and oxygen atoms in total. The molecule has 0 radical (unpaired) electrons. The van der Waals surface area contributed by atoms with E-state index in [9.17, 15) is 14.7 Å². The second-order valence-electron chi connectivity index (χ2n) is 6.80. The molecule has 3 rings (SSSR count). The molecule has 1 atom stereocenters. The van der Waals surface area contributed by atoms with Gasteiger partial charge in [-0.15, -0.1) is 0 Å². The van der Waals surface area contributed by atoms with Crippen LogP contribution in [0.5, 0.6) is 11.5 Å². The van der Waals surface area contributed by atoms with E-state index in [1.165, 1.54) is 7.11 Å². The van der Waals surface area contributed by atoms with Gasteiger partial charge in [0.2, 0.25) is 0 Å². The Morgan fingerprint density at radius 2 is 1.83 bits per heavy atom. The van der Waals surface area contributed by atoms with Gasteiger partial charge in [0.05, 0.1) is 39.2 Å². The molecule has 0 bridgehead atoms. The molecular formula is C22H22N2O5. The van der Waals surface area contributed by atoms with Crippen LogP contribution < -0.4 is 9.47 Å². The van der Waals surface area contributed by atoms with Gasteiger partial charge in [0.1, 0.15) is 0 Å². The number of fused-ring (bicyclic) bond motifs is 1. The maximum absolute atomic E-state index is 13.2. The molecule has 1 N–H and O–H groups in total. The Kier molecular flexibility index (Phi) is 6.03. The minimum Gasteiger partial charge on any atom is -0.493 e. The van der Waals surface area contributed by atoms with E-state index in [0.717, 1.165) is 16.7 Å². The molecule has 1 aliphatic heterocycles. The van der Waals surface area contributed by atoms with Gasteiger partial charge >= 0.3 is 5.97 Å². The molecule has 0 aromatic heterocycles. The highest BCUT2D eigenvalue weighted by atomic mass is 16.5. The monoisotopic (exact) mass is 394 g/mol. The van der Waals surface area contributed by atoms with Crippen molar-refractivity contribution in [2.75, 3.05) is 20.8 Å². The number of carbonyl (C=O) groups is 2. The Hall–Kier alpha value is -3.53. The van der Waals surface area contributed by atoms with E-state index >= 15 is 0 Å². The lowest BCUT2D eigenvalue weighted by molar-refractivity contribution is -0.138. The van der Waals surface area contributed by atoms with Gasteiger partial charge in [0.15, 0.2) is 11.5 Å². The van der Waals surface area contributed by atoms with Crippen molar-refractivity contribution in [1.82, 2.24) is 4.90 Å². The lowest BCUT2D eigenvalue weighted by atomic mass is 9.89. The van der Waals surface area contributed by atoms with Crippen LogP contribution in [0.25, 0.3) is 0 Å². The Morgan fingerprint density at radius 1 is 1.17 bits per heavy atom. The lowest BCUT2D eigenvalue weighted by Crippen LogP contribution is -2.41. The molecule has 0 fully saturated rings. The first kappa shape index (κ1) is 20.2. The second kappa shape index (κ2) is 8.65. The molecule has 150 valence electrons. The van der Waals surface area contributed by atoms with E-state index in [4.69, 9.17) is 14.7 Å². The number of carboxylic acid groups (broad SMARTS) is 1. The first-order valence-electron chi connectivity index (χ1n) is 9.22. The lowest BCUT2D eigenvalue weighted by Gasteiger charge is -2.37. The van der Waals surface area contributed by atoms with Crippen LogP contribution in [0.15, 0.2) is 36.4 Å². The third-order valence-corrected chi connectivity index (χ3v) is 5.12. The predicted molar refractivity (Wildman–Crippen MR) is 105 cm³/mol. The van der Waals surface area contributed by atoms with Gasteiger partial charge < -0.3 is 19.5 Å². The summed E-state index contributed by atoms with van der Waals surface area (Å²) in [5.74, 6) is -0.148. The van der Waals surface area contributed by atoms with Crippen LogP contribution in [0, 0.1) is 11.3 Å². The third-order valence-electron chi connectivity index (χ3n) is 5.12. The molecule has 0 saturated carbocycles. The number of benzene rings is 2. The number of hydrogen-bond donors (Lipinski definition) is 1. The summed E-state index contributed by atoms with van der Waals surface area (Å²) < 4.78 is 10.7. The average Bonchev–Trinajstić information content (AvgIpc) is 2.73. The van der Waals surface area contributed by atoms with Crippen LogP contribution in [0.4, 0.5) is 0 Å². The maximum atomic E-state index is 13.2. The Labute approximate surface area is 169 Å². The third kappa shape index (κ3) is 4.16. The number of aliphatic carboxylic acids is 1. The first-order valence-corrected chi connectivity index (χ1v) is 9.22. The predicted octanol–water partition coefficient (Wildman–Crippen LogP) is 2.98. The van der Waals surface area contributed by atoms with Crippen LogP contribution in [0.2, 0.25) is 0 Å². The normalized spacial score (nSPS) is 15.2. The van der Waals surface area contributed by atoms with E-state index in [1.807, 2.05) is 6.07 Å². The molecule has 2 aromatic rings. The Morgan fingerprint density at radius 3 is 2.41 bits per heavy atom. The molecule has 0 saturated heterocycles. The van der Waals surface area contributed by atoms with Gasteiger partial charge in [-0.05, 0) is 47.4 Å². The largest absolute Gasteiger partial charge is 0.493 e. The average molecular weight is 394 g/mol. The van der Waals surface area contributed by atoms with Crippen LogP contribution in [-0.4, -0.2) is 42.6 Å². The van der Waals surface area contributed by atoms with E-state index < -0.39 is 12.0 Å². The minimum atomic E-state index is -0.986. The highest BCUT2D eigenvalue weighted by Gasteiger charge is 2.34. The van der Waals surface area contributed by atoms with Gasteiger partial charge in [-0.3, -0.25) is 9.59 Å². The van der Waals surface area contributed by atoms with Gasteiger partial charge in [0.25, 0.3) is 5.91 Å². The summed E-state index contributed by atoms with van der Waals surface area (Å²) in [5, 5.41) is 18.3. The second-order valence-corrected chi connectivity index (χ2v) is 6.80. The summed E-state index contributed by atoms with van der Waals surface area (Å²) in [4.78, 5) is 26.3. The molecule has 1 unspecified atom stereocenters. The van der Waals surface area contributed by atoms with Crippen molar-refractivity contribution in [3.8, 4) is 17.6 Å². The summed E-state index contributed by atoms with van der Waals surface area (Å²) >= 11 is 0. The molecule has 0 aliphatic carbocycles. The standard InChI is InChI=1S/C22H22N2O5/c1-28-19-11-16-8-10-24(18(13-21(25)26)17(16)12-20(19)29-2)22(27)15-5-3-14(4-6-15)7-9-23/h3-6,11-12,18H,7-8,10,13H2,1-2H3,(H,25,26). The highest BCUT2D eigenvalue weighted by Crippen LogP contribution is 2.40. The van der Waals surface area contributed by atoms with Crippen molar-refractivity contribution in [2.24, 2.45) is 0 Å². The smallest absolute Gasteiger partial charge is 0.305 e.